The zero-order chi connectivity index (χ0) is 14.1. The second kappa shape index (κ2) is 5.11. The first kappa shape index (κ1) is 16.7. The summed E-state index contributed by atoms with van der Waals surface area (Å²) in [6.07, 6.45) is -11.4. The minimum atomic E-state index is -5.50. The average molecular weight is 305 g/mol. The summed E-state index contributed by atoms with van der Waals surface area (Å²) >= 11 is 9.02. The third-order valence-electron chi connectivity index (χ3n) is 1.17. The van der Waals surface area contributed by atoms with Gasteiger partial charge in [0, 0.05) is 0 Å². The van der Waals surface area contributed by atoms with Gasteiger partial charge in [0.2, 0.25) is 0 Å². The first-order valence-corrected chi connectivity index (χ1v) is 4.79. The summed E-state index contributed by atoms with van der Waals surface area (Å²) in [5, 5.41) is 0. The van der Waals surface area contributed by atoms with Crippen LogP contribution in [-0.2, 0) is 14.3 Å². The molecule has 0 aliphatic heterocycles. The monoisotopic (exact) mass is 304 g/mol. The van der Waals surface area contributed by atoms with Crippen molar-refractivity contribution >= 4 is 29.2 Å². The van der Waals surface area contributed by atoms with Gasteiger partial charge >= 0.3 is 22.8 Å². The summed E-state index contributed by atoms with van der Waals surface area (Å²) in [4.78, 5) is 10.7. The molecule has 0 aromatic heterocycles. The molecule has 0 aromatic rings. The lowest BCUT2D eigenvalue weighted by atomic mass is 10.5. The standard InChI is InChI=1S/C7H7Cl2F5O3/c1-3(2)16-4(15)5(10,11)17-6(8,9)7(12,13)14/h3H,1-2H3. The van der Waals surface area contributed by atoms with Crippen molar-refractivity contribution in [1.82, 2.24) is 0 Å². The zero-order valence-electron chi connectivity index (χ0n) is 8.45. The number of hydrogen-bond donors (Lipinski definition) is 0. The lowest BCUT2D eigenvalue weighted by molar-refractivity contribution is -0.312. The van der Waals surface area contributed by atoms with E-state index >= 15 is 0 Å². The largest absolute Gasteiger partial charge is 0.458 e. The molecule has 0 rings (SSSR count). The Kier molecular flexibility index (Phi) is 5.01. The number of rotatable bonds is 4. The second-order valence-electron chi connectivity index (χ2n) is 3.09. The highest BCUT2D eigenvalue weighted by molar-refractivity contribution is 6.47. The fraction of sp³-hybridized carbons (Fsp3) is 0.857. The Bertz CT molecular complexity index is 290. The summed E-state index contributed by atoms with van der Waals surface area (Å²) < 4.78 is 64.5. The van der Waals surface area contributed by atoms with Crippen molar-refractivity contribution in [3.8, 4) is 0 Å². The van der Waals surface area contributed by atoms with E-state index in [1.165, 1.54) is 13.8 Å². The summed E-state index contributed by atoms with van der Waals surface area (Å²) in [5.41, 5.74) is 0. The zero-order valence-corrected chi connectivity index (χ0v) is 9.96. The molecule has 0 bridgehead atoms. The van der Waals surface area contributed by atoms with Crippen LogP contribution >= 0.6 is 23.2 Å². The second-order valence-corrected chi connectivity index (χ2v) is 4.35. The number of halogens is 7. The van der Waals surface area contributed by atoms with Crippen molar-refractivity contribution in [2.45, 2.75) is 36.8 Å². The predicted octanol–water partition coefficient (Wildman–Crippen LogP) is 3.24. The molecule has 0 aliphatic carbocycles. The Morgan fingerprint density at radius 2 is 1.53 bits per heavy atom. The molecule has 0 aromatic carbocycles. The molecule has 0 N–H and O–H groups in total. The smallest absolute Gasteiger partial charge is 0.457 e. The van der Waals surface area contributed by atoms with Crippen molar-refractivity contribution in [2.75, 3.05) is 0 Å². The summed E-state index contributed by atoms with van der Waals surface area (Å²) in [7, 11) is 0. The molecule has 0 amide bonds. The Hall–Kier alpha value is -0.340. The van der Waals surface area contributed by atoms with Gasteiger partial charge in [-0.3, -0.25) is 4.74 Å². The van der Waals surface area contributed by atoms with Crippen LogP contribution in [0.2, 0.25) is 0 Å². The van der Waals surface area contributed by atoms with Gasteiger partial charge < -0.3 is 4.74 Å². The van der Waals surface area contributed by atoms with Crippen molar-refractivity contribution in [1.29, 1.82) is 0 Å². The van der Waals surface area contributed by atoms with Gasteiger partial charge in [0.15, 0.2) is 0 Å². The summed E-state index contributed by atoms with van der Waals surface area (Å²) in [6.45, 7) is 2.43. The van der Waals surface area contributed by atoms with Crippen LogP contribution in [0.15, 0.2) is 0 Å². The lowest BCUT2D eigenvalue weighted by Crippen LogP contribution is -2.47. The van der Waals surface area contributed by atoms with E-state index < -0.39 is 28.9 Å². The maximum absolute atomic E-state index is 12.8. The highest BCUT2D eigenvalue weighted by Gasteiger charge is 2.62. The van der Waals surface area contributed by atoms with Crippen LogP contribution in [0.4, 0.5) is 22.0 Å². The summed E-state index contributed by atoms with van der Waals surface area (Å²) in [6, 6.07) is 0. The SMILES string of the molecule is CC(C)OC(=O)C(F)(F)OC(Cl)(Cl)C(F)(F)F. The lowest BCUT2D eigenvalue weighted by Gasteiger charge is -2.26. The first-order chi connectivity index (χ1) is 7.29. The van der Waals surface area contributed by atoms with Crippen LogP contribution in [0.25, 0.3) is 0 Å². The molecule has 10 heteroatoms. The Morgan fingerprint density at radius 1 is 1.12 bits per heavy atom. The van der Waals surface area contributed by atoms with E-state index in [0.717, 1.165) is 0 Å². The molecule has 0 heterocycles. The Balaban J connectivity index is 4.81. The highest BCUT2D eigenvalue weighted by Crippen LogP contribution is 2.44. The van der Waals surface area contributed by atoms with Gasteiger partial charge in [0.25, 0.3) is 0 Å². The number of carbonyl (C=O) groups is 1. The van der Waals surface area contributed by atoms with Gasteiger partial charge in [0.05, 0.1) is 6.10 Å². The maximum Gasteiger partial charge on any atom is 0.458 e. The van der Waals surface area contributed by atoms with E-state index in [1.807, 2.05) is 0 Å². The van der Waals surface area contributed by atoms with Gasteiger partial charge in [-0.15, -0.1) is 0 Å². The van der Waals surface area contributed by atoms with Gasteiger partial charge in [0.1, 0.15) is 0 Å². The van der Waals surface area contributed by atoms with Gasteiger partial charge in [-0.1, -0.05) is 23.2 Å². The quantitative estimate of drug-likeness (QED) is 0.454. The molecule has 0 saturated carbocycles. The minimum absolute atomic E-state index is 0.970. The minimum Gasteiger partial charge on any atom is -0.457 e. The van der Waals surface area contributed by atoms with Crippen molar-refractivity contribution in [2.24, 2.45) is 0 Å². The van der Waals surface area contributed by atoms with Crippen LogP contribution in [0.5, 0.6) is 0 Å². The fourth-order valence-corrected chi connectivity index (χ4v) is 0.737. The first-order valence-electron chi connectivity index (χ1n) is 4.03. The van der Waals surface area contributed by atoms with E-state index in [1.54, 1.807) is 0 Å². The number of esters is 1. The third kappa shape index (κ3) is 4.81. The van der Waals surface area contributed by atoms with Crippen LogP contribution in [-0.4, -0.2) is 28.9 Å². The van der Waals surface area contributed by atoms with Gasteiger partial charge in [-0.05, 0) is 13.8 Å². The molecule has 0 unspecified atom stereocenters. The van der Waals surface area contributed by atoms with Gasteiger partial charge in [-0.2, -0.15) is 22.0 Å². The molecule has 0 fully saturated rings. The Morgan fingerprint density at radius 3 is 1.82 bits per heavy atom. The van der Waals surface area contributed by atoms with Crippen molar-refractivity contribution < 1.29 is 36.2 Å². The van der Waals surface area contributed by atoms with Crippen LogP contribution in [0.1, 0.15) is 13.8 Å². The number of carbonyl (C=O) groups excluding carboxylic acids is 1. The molecule has 0 aliphatic rings. The van der Waals surface area contributed by atoms with Crippen molar-refractivity contribution in [3.05, 3.63) is 0 Å². The molecule has 0 radical (unpaired) electrons. The maximum atomic E-state index is 12.8. The molecular weight excluding hydrogens is 298 g/mol. The van der Waals surface area contributed by atoms with E-state index in [-0.39, 0.29) is 0 Å². The molecule has 0 spiro atoms. The number of alkyl halides is 7. The van der Waals surface area contributed by atoms with Gasteiger partial charge in [-0.25, -0.2) is 4.79 Å². The van der Waals surface area contributed by atoms with Crippen LogP contribution in [0.3, 0.4) is 0 Å². The molecular formula is C7H7Cl2F5O3. The average Bonchev–Trinajstić information content (AvgIpc) is 1.97. The van der Waals surface area contributed by atoms with E-state index in [2.05, 4.69) is 32.7 Å². The van der Waals surface area contributed by atoms with Crippen LogP contribution < -0.4 is 0 Å². The molecule has 0 atom stereocenters. The molecule has 0 saturated heterocycles. The number of hydrogen-bond acceptors (Lipinski definition) is 3. The van der Waals surface area contributed by atoms with Crippen molar-refractivity contribution in [3.63, 3.8) is 0 Å². The predicted molar refractivity (Wildman–Crippen MR) is 47.8 cm³/mol. The van der Waals surface area contributed by atoms with Crippen LogP contribution in [0, 0.1) is 0 Å². The Labute approximate surface area is 103 Å². The molecule has 3 nitrogen and oxygen atoms in total. The van der Waals surface area contributed by atoms with E-state index in [4.69, 9.17) is 0 Å². The molecule has 102 valence electrons. The highest BCUT2D eigenvalue weighted by atomic mass is 35.5. The van der Waals surface area contributed by atoms with E-state index in [0.29, 0.717) is 0 Å². The fourth-order valence-electron chi connectivity index (χ4n) is 0.543. The summed E-state index contributed by atoms with van der Waals surface area (Å²) in [5.74, 6) is -2.32. The number of ether oxygens (including phenoxy) is 2. The third-order valence-corrected chi connectivity index (χ3v) is 1.75. The van der Waals surface area contributed by atoms with E-state index in [9.17, 15) is 26.7 Å². The topological polar surface area (TPSA) is 35.5 Å². The normalized spacial score (nSPS) is 14.0. The molecule has 17 heavy (non-hydrogen) atoms.